The third kappa shape index (κ3) is 5.01. The van der Waals surface area contributed by atoms with Gasteiger partial charge < -0.3 is 10.1 Å². The number of pyridine rings is 1. The Bertz CT molecular complexity index is 978. The largest absolute Gasteiger partial charge is 0.457 e. The highest BCUT2D eigenvalue weighted by molar-refractivity contribution is 5.94. The second-order valence-electron chi connectivity index (χ2n) is 6.93. The lowest BCUT2D eigenvalue weighted by Crippen LogP contribution is -2.44. The third-order valence-corrected chi connectivity index (χ3v) is 4.84. The molecule has 1 atom stereocenters. The molecule has 1 aromatic heterocycles. The average Bonchev–Trinajstić information content (AvgIpc) is 2.80. The van der Waals surface area contributed by atoms with Gasteiger partial charge in [0.1, 0.15) is 11.5 Å². The molecule has 3 aromatic rings. The Kier molecular flexibility index (Phi) is 6.77. The molecule has 154 valence electrons. The van der Waals surface area contributed by atoms with E-state index >= 15 is 0 Å². The first-order valence-corrected chi connectivity index (χ1v) is 9.50. The van der Waals surface area contributed by atoms with E-state index in [1.54, 1.807) is 61.1 Å². The molecule has 0 bridgehead atoms. The van der Waals surface area contributed by atoms with Crippen LogP contribution in [0.5, 0.6) is 11.5 Å². The maximum atomic E-state index is 12.5. The molecule has 2 aromatic carbocycles. The van der Waals surface area contributed by atoms with Gasteiger partial charge in [-0.2, -0.15) is 0 Å². The van der Waals surface area contributed by atoms with Crippen LogP contribution in [0, 0.1) is 0 Å². The lowest BCUT2D eigenvalue weighted by Gasteiger charge is -2.26. The molecule has 3 N–H and O–H groups in total. The summed E-state index contributed by atoms with van der Waals surface area (Å²) in [6.07, 6.45) is 1.84. The molecule has 0 aliphatic heterocycles. The average molecular weight is 405 g/mol. The van der Waals surface area contributed by atoms with Crippen molar-refractivity contribution >= 4 is 11.8 Å². The zero-order valence-electron chi connectivity index (χ0n) is 16.5. The lowest BCUT2D eigenvalue weighted by molar-refractivity contribution is -0.135. The van der Waals surface area contributed by atoms with Gasteiger partial charge in [-0.15, -0.1) is 0 Å². The van der Waals surface area contributed by atoms with E-state index in [0.717, 1.165) is 0 Å². The molecular weight excluding hydrogens is 382 g/mol. The summed E-state index contributed by atoms with van der Waals surface area (Å²) in [6.45, 7) is 1.89. The molecule has 0 spiro atoms. The van der Waals surface area contributed by atoms with Gasteiger partial charge in [0.15, 0.2) is 0 Å². The van der Waals surface area contributed by atoms with Gasteiger partial charge >= 0.3 is 0 Å². The van der Waals surface area contributed by atoms with E-state index in [4.69, 9.17) is 9.94 Å². The van der Waals surface area contributed by atoms with Gasteiger partial charge in [-0.1, -0.05) is 24.3 Å². The molecule has 0 saturated heterocycles. The summed E-state index contributed by atoms with van der Waals surface area (Å²) < 4.78 is 5.72. The summed E-state index contributed by atoms with van der Waals surface area (Å²) in [5, 5.41) is 11.9. The van der Waals surface area contributed by atoms with E-state index in [1.807, 2.05) is 30.3 Å². The zero-order valence-corrected chi connectivity index (χ0v) is 16.5. The van der Waals surface area contributed by atoms with E-state index in [0.29, 0.717) is 22.8 Å². The van der Waals surface area contributed by atoms with Crippen molar-refractivity contribution in [3.63, 3.8) is 0 Å². The van der Waals surface area contributed by atoms with Crippen LogP contribution in [-0.4, -0.2) is 28.6 Å². The maximum Gasteiger partial charge on any atom is 0.255 e. The number of ether oxygens (including phenoxy) is 1. The van der Waals surface area contributed by atoms with Crippen molar-refractivity contribution in [3.8, 4) is 11.5 Å². The molecule has 1 unspecified atom stereocenters. The molecule has 30 heavy (non-hydrogen) atoms. The Morgan fingerprint density at radius 2 is 1.63 bits per heavy atom. The SMILES string of the molecule is CC(CCNC(=O)c1ccc(Oc2ccccc2)cc1)(C(=O)NO)c1ccccn1. The maximum absolute atomic E-state index is 12.5. The van der Waals surface area contributed by atoms with E-state index < -0.39 is 11.3 Å². The van der Waals surface area contributed by atoms with Crippen LogP contribution in [0.1, 0.15) is 29.4 Å². The highest BCUT2D eigenvalue weighted by Gasteiger charge is 2.36. The van der Waals surface area contributed by atoms with Crippen LogP contribution in [0.3, 0.4) is 0 Å². The molecule has 0 aliphatic carbocycles. The minimum absolute atomic E-state index is 0.224. The fourth-order valence-corrected chi connectivity index (χ4v) is 3.00. The Hall–Kier alpha value is -3.71. The van der Waals surface area contributed by atoms with Crippen molar-refractivity contribution in [2.24, 2.45) is 0 Å². The first-order chi connectivity index (χ1) is 14.5. The standard InChI is InChI=1S/C23H23N3O4/c1-23(22(28)26-29,20-9-5-6-15-24-20)14-16-25-21(27)17-10-12-19(13-11-17)30-18-7-3-2-4-8-18/h2-13,15,29H,14,16H2,1H3,(H,25,27)(H,26,28). The lowest BCUT2D eigenvalue weighted by atomic mass is 9.82. The number of nitrogens with zero attached hydrogens (tertiary/aromatic N) is 1. The summed E-state index contributed by atoms with van der Waals surface area (Å²) in [7, 11) is 0. The number of aromatic nitrogens is 1. The Morgan fingerprint density at radius 3 is 2.27 bits per heavy atom. The summed E-state index contributed by atoms with van der Waals surface area (Å²) in [5.41, 5.74) is 1.59. The van der Waals surface area contributed by atoms with E-state index in [2.05, 4.69) is 10.3 Å². The second kappa shape index (κ2) is 9.67. The van der Waals surface area contributed by atoms with Crippen LogP contribution < -0.4 is 15.5 Å². The van der Waals surface area contributed by atoms with Gasteiger partial charge in [0.05, 0.1) is 11.1 Å². The monoisotopic (exact) mass is 405 g/mol. The van der Waals surface area contributed by atoms with Crippen molar-refractivity contribution in [2.75, 3.05) is 6.54 Å². The second-order valence-corrected chi connectivity index (χ2v) is 6.93. The van der Waals surface area contributed by atoms with Crippen LogP contribution in [0.25, 0.3) is 0 Å². The first kappa shape index (κ1) is 21.0. The van der Waals surface area contributed by atoms with Crippen molar-refractivity contribution in [2.45, 2.75) is 18.8 Å². The molecule has 7 nitrogen and oxygen atoms in total. The molecule has 0 saturated carbocycles. The summed E-state index contributed by atoms with van der Waals surface area (Å²) in [4.78, 5) is 28.9. The Labute approximate surface area is 174 Å². The Balaban J connectivity index is 1.60. The number of para-hydroxylation sites is 1. The molecular formula is C23H23N3O4. The van der Waals surface area contributed by atoms with Crippen LogP contribution in [-0.2, 0) is 10.2 Å². The quantitative estimate of drug-likeness (QED) is 0.394. The predicted octanol–water partition coefficient (Wildman–Crippen LogP) is 3.46. The summed E-state index contributed by atoms with van der Waals surface area (Å²) in [5.74, 6) is 0.484. The number of carbonyl (C=O) groups is 2. The molecule has 1 heterocycles. The number of benzene rings is 2. The van der Waals surface area contributed by atoms with Crippen LogP contribution in [0.4, 0.5) is 0 Å². The van der Waals surface area contributed by atoms with Gasteiger partial charge in [-0.05, 0) is 61.9 Å². The van der Waals surface area contributed by atoms with Gasteiger partial charge in [0.2, 0.25) is 0 Å². The minimum Gasteiger partial charge on any atom is -0.457 e. The van der Waals surface area contributed by atoms with Crippen molar-refractivity contribution < 1.29 is 19.5 Å². The molecule has 3 rings (SSSR count). The van der Waals surface area contributed by atoms with Crippen LogP contribution >= 0.6 is 0 Å². The smallest absolute Gasteiger partial charge is 0.255 e. The van der Waals surface area contributed by atoms with Gasteiger partial charge in [-0.25, -0.2) is 5.48 Å². The topological polar surface area (TPSA) is 101 Å². The molecule has 0 fully saturated rings. The first-order valence-electron chi connectivity index (χ1n) is 9.50. The number of hydrogen-bond donors (Lipinski definition) is 3. The Morgan fingerprint density at radius 1 is 0.967 bits per heavy atom. The minimum atomic E-state index is -1.09. The van der Waals surface area contributed by atoms with Gasteiger partial charge in [0.25, 0.3) is 11.8 Å². The van der Waals surface area contributed by atoms with Gasteiger partial charge in [-0.3, -0.25) is 19.8 Å². The van der Waals surface area contributed by atoms with E-state index in [-0.39, 0.29) is 18.9 Å². The fourth-order valence-electron chi connectivity index (χ4n) is 3.00. The zero-order chi connectivity index (χ0) is 21.4. The van der Waals surface area contributed by atoms with Crippen LogP contribution in [0.15, 0.2) is 79.0 Å². The van der Waals surface area contributed by atoms with E-state index in [1.165, 1.54) is 0 Å². The normalized spacial score (nSPS) is 12.5. The summed E-state index contributed by atoms with van der Waals surface area (Å²) in [6, 6.07) is 21.4. The number of carbonyl (C=O) groups excluding carboxylic acids is 2. The molecule has 2 amide bonds. The van der Waals surface area contributed by atoms with Crippen molar-refractivity contribution in [1.82, 2.24) is 15.8 Å². The molecule has 0 aliphatic rings. The predicted molar refractivity (Wildman–Crippen MR) is 111 cm³/mol. The summed E-state index contributed by atoms with van der Waals surface area (Å²) >= 11 is 0. The van der Waals surface area contributed by atoms with Gasteiger partial charge in [0, 0.05) is 18.3 Å². The highest BCUT2D eigenvalue weighted by Crippen LogP contribution is 2.26. The van der Waals surface area contributed by atoms with Crippen LogP contribution in [0.2, 0.25) is 0 Å². The third-order valence-electron chi connectivity index (χ3n) is 4.84. The number of amides is 2. The molecule has 7 heteroatoms. The van der Waals surface area contributed by atoms with E-state index in [9.17, 15) is 9.59 Å². The number of rotatable bonds is 8. The van der Waals surface area contributed by atoms with Crippen molar-refractivity contribution in [1.29, 1.82) is 0 Å². The number of hydrogen-bond acceptors (Lipinski definition) is 5. The highest BCUT2D eigenvalue weighted by atomic mass is 16.5. The van der Waals surface area contributed by atoms with Crippen molar-refractivity contribution in [3.05, 3.63) is 90.3 Å². The fraction of sp³-hybridized carbons (Fsp3) is 0.174. The number of nitrogens with one attached hydrogen (secondary N) is 2. The molecule has 0 radical (unpaired) electrons. The number of hydroxylamine groups is 1.